The number of rotatable bonds is 4. The quantitative estimate of drug-likeness (QED) is 0.858. The van der Waals surface area contributed by atoms with Crippen LogP contribution in [0.3, 0.4) is 0 Å². The molecule has 4 heterocycles. The fourth-order valence-electron chi connectivity index (χ4n) is 4.68. The van der Waals surface area contributed by atoms with Crippen molar-refractivity contribution in [1.82, 2.24) is 19.7 Å². The molecule has 5 rings (SSSR count). The Kier molecular flexibility index (Phi) is 4.82. The van der Waals surface area contributed by atoms with Gasteiger partial charge in [-0.3, -0.25) is 19.6 Å². The molecule has 2 fully saturated rings. The number of carbonyl (C=O) groups excluding carboxylic acids is 1. The fraction of sp³-hybridized carbons (Fsp3) is 0.619. The van der Waals surface area contributed by atoms with Crippen LogP contribution in [0.25, 0.3) is 11.1 Å². The second-order valence-corrected chi connectivity index (χ2v) is 8.36. The molecule has 150 valence electrons. The Labute approximate surface area is 165 Å². The average molecular weight is 383 g/mol. The predicted octanol–water partition coefficient (Wildman–Crippen LogP) is 1.34. The minimum absolute atomic E-state index is 0.247. The number of piperazine rings is 1. The van der Waals surface area contributed by atoms with E-state index in [9.17, 15) is 4.79 Å². The first kappa shape index (κ1) is 18.1. The minimum Gasteiger partial charge on any atom is -0.458 e. The number of hydrogen-bond donors (Lipinski definition) is 1. The third-order valence-corrected chi connectivity index (χ3v) is 6.66. The Morgan fingerprint density at radius 2 is 2.04 bits per heavy atom. The first-order valence-corrected chi connectivity index (χ1v) is 10.5. The van der Waals surface area contributed by atoms with Crippen molar-refractivity contribution in [3.8, 4) is 0 Å². The molecule has 0 radical (unpaired) electrons. The maximum absolute atomic E-state index is 12.8. The lowest BCUT2D eigenvalue weighted by atomic mass is 9.91. The van der Waals surface area contributed by atoms with Crippen molar-refractivity contribution >= 4 is 17.0 Å². The van der Waals surface area contributed by atoms with Crippen molar-refractivity contribution in [1.29, 1.82) is 0 Å². The predicted molar refractivity (Wildman–Crippen MR) is 107 cm³/mol. The van der Waals surface area contributed by atoms with E-state index in [1.54, 1.807) is 0 Å². The summed E-state index contributed by atoms with van der Waals surface area (Å²) >= 11 is 0. The number of aromatic nitrogens is 1. The van der Waals surface area contributed by atoms with Gasteiger partial charge >= 0.3 is 0 Å². The van der Waals surface area contributed by atoms with Crippen LogP contribution in [0.2, 0.25) is 0 Å². The van der Waals surface area contributed by atoms with E-state index < -0.39 is 0 Å². The molecule has 2 aliphatic heterocycles. The van der Waals surface area contributed by atoms with E-state index >= 15 is 0 Å². The van der Waals surface area contributed by atoms with Crippen LogP contribution >= 0.6 is 0 Å². The Balaban J connectivity index is 1.20. The molecule has 2 N–H and O–H groups in total. The van der Waals surface area contributed by atoms with Crippen LogP contribution in [0.5, 0.6) is 0 Å². The molecule has 2 aromatic heterocycles. The van der Waals surface area contributed by atoms with Gasteiger partial charge in [-0.15, -0.1) is 0 Å². The summed E-state index contributed by atoms with van der Waals surface area (Å²) in [7, 11) is 0. The smallest absolute Gasteiger partial charge is 0.236 e. The Bertz CT molecular complexity index is 867. The van der Waals surface area contributed by atoms with Gasteiger partial charge in [0.05, 0.1) is 13.1 Å². The zero-order chi connectivity index (χ0) is 19.1. The van der Waals surface area contributed by atoms with E-state index in [0.717, 1.165) is 67.6 Å². The number of furan rings is 1. The topological polar surface area (TPSA) is 78.8 Å². The largest absolute Gasteiger partial charge is 0.458 e. The summed E-state index contributed by atoms with van der Waals surface area (Å²) in [5.41, 5.74) is 9.64. The highest BCUT2D eigenvalue weighted by Gasteiger charge is 2.31. The van der Waals surface area contributed by atoms with E-state index in [1.165, 1.54) is 24.8 Å². The summed E-state index contributed by atoms with van der Waals surface area (Å²) in [6.45, 7) is 6.27. The van der Waals surface area contributed by atoms with E-state index in [4.69, 9.17) is 10.2 Å². The van der Waals surface area contributed by atoms with Gasteiger partial charge in [0.25, 0.3) is 0 Å². The molecule has 1 amide bonds. The summed E-state index contributed by atoms with van der Waals surface area (Å²) in [6, 6.07) is 2.76. The third kappa shape index (κ3) is 3.32. The van der Waals surface area contributed by atoms with Gasteiger partial charge in [0, 0.05) is 57.1 Å². The van der Waals surface area contributed by atoms with Gasteiger partial charge in [-0.05, 0) is 30.9 Å². The molecule has 1 saturated carbocycles. The van der Waals surface area contributed by atoms with Crippen molar-refractivity contribution in [3.05, 3.63) is 29.2 Å². The normalized spacial score (nSPS) is 21.7. The summed E-state index contributed by atoms with van der Waals surface area (Å²) in [5.74, 6) is 1.20. The van der Waals surface area contributed by atoms with Crippen LogP contribution in [0.4, 0.5) is 0 Å². The molecule has 0 unspecified atom stereocenters. The zero-order valence-electron chi connectivity index (χ0n) is 16.4. The molecule has 0 atom stereocenters. The Morgan fingerprint density at radius 3 is 2.75 bits per heavy atom. The van der Waals surface area contributed by atoms with E-state index in [-0.39, 0.29) is 5.91 Å². The van der Waals surface area contributed by atoms with Gasteiger partial charge in [-0.25, -0.2) is 0 Å². The molecule has 0 bridgehead atoms. The first-order valence-electron chi connectivity index (χ1n) is 10.5. The Hall–Kier alpha value is -1.96. The standard InChI is InChI=1S/C21H29N5O2/c22-11-15-10-18-21(23-12-15)17-4-5-24(13-19(17)28-18)14-20(27)26-8-6-25(7-9-26)16-2-1-3-16/h10,12,16H,1-9,11,13-14,22H2. The molecule has 2 aromatic rings. The van der Waals surface area contributed by atoms with Crippen LogP contribution in [0.15, 0.2) is 16.7 Å². The number of amides is 1. The molecule has 1 saturated heterocycles. The molecular weight excluding hydrogens is 354 g/mol. The van der Waals surface area contributed by atoms with Gasteiger partial charge < -0.3 is 15.1 Å². The van der Waals surface area contributed by atoms with Crippen molar-refractivity contribution in [2.75, 3.05) is 39.3 Å². The van der Waals surface area contributed by atoms with Crippen LogP contribution in [0, 0.1) is 0 Å². The maximum Gasteiger partial charge on any atom is 0.236 e. The summed E-state index contributed by atoms with van der Waals surface area (Å²) in [5, 5.41) is 0. The SMILES string of the molecule is NCc1cnc2c3c(oc2c1)CN(CC(=O)N1CCN(C2CCC2)CC1)CC3. The van der Waals surface area contributed by atoms with E-state index in [0.29, 0.717) is 19.6 Å². The van der Waals surface area contributed by atoms with Gasteiger partial charge in [-0.2, -0.15) is 0 Å². The summed E-state index contributed by atoms with van der Waals surface area (Å²) in [4.78, 5) is 24.2. The average Bonchev–Trinajstić information content (AvgIpc) is 3.03. The van der Waals surface area contributed by atoms with Crippen LogP contribution < -0.4 is 5.73 Å². The number of pyridine rings is 1. The number of carbonyl (C=O) groups is 1. The van der Waals surface area contributed by atoms with Gasteiger partial charge in [0.1, 0.15) is 11.3 Å². The fourth-order valence-corrected chi connectivity index (χ4v) is 4.68. The number of nitrogens with zero attached hydrogens (tertiary/aromatic N) is 4. The second kappa shape index (κ2) is 7.46. The molecule has 7 nitrogen and oxygen atoms in total. The zero-order valence-corrected chi connectivity index (χ0v) is 16.4. The second-order valence-electron chi connectivity index (χ2n) is 8.36. The molecule has 0 aromatic carbocycles. The molecule has 28 heavy (non-hydrogen) atoms. The van der Waals surface area contributed by atoms with Crippen molar-refractivity contribution in [2.24, 2.45) is 5.73 Å². The molecular formula is C21H29N5O2. The van der Waals surface area contributed by atoms with Crippen LogP contribution in [-0.4, -0.2) is 70.9 Å². The number of hydrogen-bond acceptors (Lipinski definition) is 6. The Morgan fingerprint density at radius 1 is 1.21 bits per heavy atom. The maximum atomic E-state index is 12.8. The summed E-state index contributed by atoms with van der Waals surface area (Å²) in [6.07, 6.45) is 6.75. The van der Waals surface area contributed by atoms with Crippen LogP contribution in [0.1, 0.15) is 36.1 Å². The van der Waals surface area contributed by atoms with Gasteiger partial charge in [0.15, 0.2) is 5.58 Å². The molecule has 3 aliphatic rings. The van der Waals surface area contributed by atoms with Gasteiger partial charge in [-0.1, -0.05) is 6.42 Å². The lowest BCUT2D eigenvalue weighted by molar-refractivity contribution is -0.135. The van der Waals surface area contributed by atoms with Gasteiger partial charge in [0.2, 0.25) is 5.91 Å². The highest BCUT2D eigenvalue weighted by Crippen LogP contribution is 2.30. The summed E-state index contributed by atoms with van der Waals surface area (Å²) < 4.78 is 6.06. The van der Waals surface area contributed by atoms with Crippen molar-refractivity contribution in [3.63, 3.8) is 0 Å². The molecule has 1 aliphatic carbocycles. The monoisotopic (exact) mass is 383 g/mol. The van der Waals surface area contributed by atoms with Crippen molar-refractivity contribution in [2.45, 2.75) is 44.8 Å². The van der Waals surface area contributed by atoms with Crippen LogP contribution in [-0.2, 0) is 24.3 Å². The highest BCUT2D eigenvalue weighted by molar-refractivity contribution is 5.80. The first-order chi connectivity index (χ1) is 13.7. The molecule has 0 spiro atoms. The lowest BCUT2D eigenvalue weighted by Crippen LogP contribution is -2.55. The highest BCUT2D eigenvalue weighted by atomic mass is 16.3. The molecule has 7 heteroatoms. The number of nitrogens with two attached hydrogens (primary N) is 1. The van der Waals surface area contributed by atoms with Crippen molar-refractivity contribution < 1.29 is 9.21 Å². The number of fused-ring (bicyclic) bond motifs is 3. The minimum atomic E-state index is 0.247. The van der Waals surface area contributed by atoms with E-state index in [1.807, 2.05) is 17.2 Å². The third-order valence-electron chi connectivity index (χ3n) is 6.66. The lowest BCUT2D eigenvalue weighted by Gasteiger charge is -2.43. The van der Waals surface area contributed by atoms with E-state index in [2.05, 4.69) is 14.8 Å².